The van der Waals surface area contributed by atoms with Gasteiger partial charge >= 0.3 is 0 Å². The van der Waals surface area contributed by atoms with Gasteiger partial charge in [0.25, 0.3) is 6.43 Å². The van der Waals surface area contributed by atoms with Crippen molar-refractivity contribution in [2.75, 3.05) is 0 Å². The van der Waals surface area contributed by atoms with E-state index >= 15 is 0 Å². The third-order valence-electron chi connectivity index (χ3n) is 1.72. The lowest BCUT2D eigenvalue weighted by atomic mass is 10.1. The van der Waals surface area contributed by atoms with E-state index in [0.29, 0.717) is 0 Å². The topological polar surface area (TPSA) is 46.2 Å². The first-order valence-electron chi connectivity index (χ1n) is 3.65. The number of phenolic OH excluding ortho intramolecular Hbond substituents is 1. The Kier molecular flexibility index (Phi) is 3.23. The van der Waals surface area contributed by atoms with Crippen LogP contribution in [0.15, 0.2) is 12.1 Å². The molecule has 0 heterocycles. The molecule has 78 valence electrons. The van der Waals surface area contributed by atoms with Gasteiger partial charge in [-0.3, -0.25) is 0 Å². The number of hydrogen-bond donors (Lipinski definition) is 2. The van der Waals surface area contributed by atoms with E-state index in [1.807, 2.05) is 0 Å². The minimum absolute atomic E-state index is 0.211. The number of benzene rings is 1. The molecular weight excluding hydrogens is 219 g/mol. The Morgan fingerprint density at radius 3 is 2.43 bits per heavy atom. The number of nitrogens with two attached hydrogens (primary N) is 1. The van der Waals surface area contributed by atoms with E-state index in [4.69, 9.17) is 17.3 Å². The average Bonchev–Trinajstić information content (AvgIpc) is 2.12. The van der Waals surface area contributed by atoms with Crippen LogP contribution in [0.4, 0.5) is 13.2 Å². The number of alkyl halides is 2. The van der Waals surface area contributed by atoms with Crippen molar-refractivity contribution in [1.82, 2.24) is 0 Å². The van der Waals surface area contributed by atoms with Crippen LogP contribution in [0.3, 0.4) is 0 Å². The van der Waals surface area contributed by atoms with Gasteiger partial charge in [-0.2, -0.15) is 0 Å². The molecule has 1 rings (SSSR count). The Labute approximate surface area is 83.1 Å². The van der Waals surface area contributed by atoms with Gasteiger partial charge in [0.1, 0.15) is 11.6 Å². The molecule has 0 fully saturated rings. The molecule has 0 saturated carbocycles. The third-order valence-corrected chi connectivity index (χ3v) is 2.02. The van der Waals surface area contributed by atoms with Gasteiger partial charge in [0.2, 0.25) is 0 Å². The van der Waals surface area contributed by atoms with Crippen LogP contribution in [0.2, 0.25) is 5.02 Å². The van der Waals surface area contributed by atoms with Crippen LogP contribution in [0.25, 0.3) is 0 Å². The van der Waals surface area contributed by atoms with Crippen molar-refractivity contribution < 1.29 is 18.3 Å². The van der Waals surface area contributed by atoms with Crippen LogP contribution in [-0.4, -0.2) is 11.5 Å². The fourth-order valence-electron chi connectivity index (χ4n) is 1.000. The lowest BCUT2D eigenvalue weighted by Gasteiger charge is -2.14. The molecule has 0 aromatic heterocycles. The fourth-order valence-corrected chi connectivity index (χ4v) is 1.16. The summed E-state index contributed by atoms with van der Waals surface area (Å²) in [5.41, 5.74) is 4.34. The van der Waals surface area contributed by atoms with Crippen molar-refractivity contribution >= 4 is 11.6 Å². The maximum atomic E-state index is 13.0. The Morgan fingerprint density at radius 1 is 1.36 bits per heavy atom. The van der Waals surface area contributed by atoms with E-state index in [0.717, 1.165) is 12.1 Å². The minimum atomic E-state index is -2.96. The quantitative estimate of drug-likeness (QED) is 0.812. The fraction of sp³-hybridized carbons (Fsp3) is 0.250. The molecule has 14 heavy (non-hydrogen) atoms. The summed E-state index contributed by atoms with van der Waals surface area (Å²) >= 11 is 5.42. The van der Waals surface area contributed by atoms with Crippen molar-refractivity contribution in [2.45, 2.75) is 12.5 Å². The first-order chi connectivity index (χ1) is 6.45. The summed E-state index contributed by atoms with van der Waals surface area (Å²) in [6, 6.07) is 0.0572. The average molecular weight is 226 g/mol. The Hall–Kier alpha value is -0.940. The Morgan fingerprint density at radius 2 is 1.93 bits per heavy atom. The summed E-state index contributed by atoms with van der Waals surface area (Å²) in [4.78, 5) is 0. The van der Waals surface area contributed by atoms with Crippen LogP contribution >= 0.6 is 11.6 Å². The summed E-state index contributed by atoms with van der Waals surface area (Å²) in [5.74, 6) is -1.74. The Bertz CT molecular complexity index is 346. The van der Waals surface area contributed by atoms with Crippen molar-refractivity contribution in [3.63, 3.8) is 0 Å². The molecule has 2 nitrogen and oxygen atoms in total. The lowest BCUT2D eigenvalue weighted by Crippen LogP contribution is -2.20. The van der Waals surface area contributed by atoms with E-state index < -0.39 is 29.6 Å². The molecule has 0 unspecified atom stereocenters. The lowest BCUT2D eigenvalue weighted by molar-refractivity contribution is 0.113. The molecule has 0 bridgehead atoms. The maximum Gasteiger partial charge on any atom is 0.257 e. The minimum Gasteiger partial charge on any atom is -0.506 e. The molecular formula is C8H7ClF3NO. The molecule has 0 spiro atoms. The highest BCUT2D eigenvalue weighted by Gasteiger charge is 2.25. The number of halogens is 4. The van der Waals surface area contributed by atoms with E-state index in [2.05, 4.69) is 0 Å². The summed E-state index contributed by atoms with van der Waals surface area (Å²) < 4.78 is 37.3. The summed E-state index contributed by atoms with van der Waals surface area (Å²) in [6.45, 7) is 0. The van der Waals surface area contributed by atoms with Gasteiger partial charge in [0.15, 0.2) is 0 Å². The van der Waals surface area contributed by atoms with Gasteiger partial charge in [0.05, 0.1) is 16.6 Å². The van der Waals surface area contributed by atoms with E-state index in [1.165, 1.54) is 0 Å². The summed E-state index contributed by atoms with van der Waals surface area (Å²) in [5, 5.41) is 9.00. The largest absolute Gasteiger partial charge is 0.506 e. The predicted molar refractivity (Wildman–Crippen MR) is 46.0 cm³/mol. The zero-order chi connectivity index (χ0) is 10.9. The van der Waals surface area contributed by atoms with E-state index in [9.17, 15) is 18.3 Å². The Balaban J connectivity index is 3.25. The van der Waals surface area contributed by atoms with Crippen LogP contribution in [0, 0.1) is 5.82 Å². The number of aromatic hydroxyl groups is 1. The van der Waals surface area contributed by atoms with Gasteiger partial charge in [0, 0.05) is 0 Å². The standard InChI is InChI=1S/C8H7ClF3NO/c9-3-1-2-4(10)5(7(3)14)6(13)8(11)12/h1-2,6,8,14H,13H2/t6-/m0/s1. The van der Waals surface area contributed by atoms with Crippen LogP contribution in [-0.2, 0) is 0 Å². The molecule has 1 aromatic carbocycles. The van der Waals surface area contributed by atoms with Crippen molar-refractivity contribution in [2.24, 2.45) is 5.73 Å². The molecule has 0 aliphatic carbocycles. The molecule has 1 aromatic rings. The van der Waals surface area contributed by atoms with Crippen LogP contribution < -0.4 is 5.73 Å². The smallest absolute Gasteiger partial charge is 0.257 e. The molecule has 0 aliphatic heterocycles. The summed E-state index contributed by atoms with van der Waals surface area (Å²) in [7, 11) is 0. The highest BCUT2D eigenvalue weighted by molar-refractivity contribution is 6.32. The SMILES string of the molecule is N[C@@H](c1c(F)ccc(Cl)c1O)C(F)F. The highest BCUT2D eigenvalue weighted by Crippen LogP contribution is 2.34. The van der Waals surface area contributed by atoms with Crippen molar-refractivity contribution in [3.05, 3.63) is 28.5 Å². The van der Waals surface area contributed by atoms with Gasteiger partial charge < -0.3 is 10.8 Å². The van der Waals surface area contributed by atoms with Gasteiger partial charge in [-0.25, -0.2) is 13.2 Å². The predicted octanol–water partition coefficient (Wildman–Crippen LogP) is 2.45. The molecule has 0 saturated heterocycles. The van der Waals surface area contributed by atoms with Crippen molar-refractivity contribution in [3.8, 4) is 5.75 Å². The first kappa shape index (κ1) is 11.1. The first-order valence-corrected chi connectivity index (χ1v) is 4.03. The second-order valence-corrected chi connectivity index (χ2v) is 3.06. The van der Waals surface area contributed by atoms with Crippen LogP contribution in [0.1, 0.15) is 11.6 Å². The zero-order valence-electron chi connectivity index (χ0n) is 6.85. The number of phenols is 1. The second kappa shape index (κ2) is 4.06. The third kappa shape index (κ3) is 1.93. The maximum absolute atomic E-state index is 13.0. The highest BCUT2D eigenvalue weighted by atomic mass is 35.5. The zero-order valence-corrected chi connectivity index (χ0v) is 7.60. The molecule has 6 heteroatoms. The molecule has 1 atom stereocenters. The molecule has 0 aliphatic rings. The van der Waals surface area contributed by atoms with E-state index in [1.54, 1.807) is 0 Å². The van der Waals surface area contributed by atoms with Gasteiger partial charge in [-0.1, -0.05) is 11.6 Å². The molecule has 0 amide bonds. The van der Waals surface area contributed by atoms with Crippen LogP contribution in [0.5, 0.6) is 5.75 Å². The van der Waals surface area contributed by atoms with Gasteiger partial charge in [-0.15, -0.1) is 0 Å². The van der Waals surface area contributed by atoms with Crippen molar-refractivity contribution in [1.29, 1.82) is 0 Å². The second-order valence-electron chi connectivity index (χ2n) is 2.65. The van der Waals surface area contributed by atoms with E-state index in [-0.39, 0.29) is 5.02 Å². The molecule has 3 N–H and O–H groups in total. The normalized spacial score (nSPS) is 13.3. The number of rotatable bonds is 2. The summed E-state index contributed by atoms with van der Waals surface area (Å²) in [6.07, 6.45) is -2.96. The molecule has 0 radical (unpaired) electrons. The number of hydrogen-bond acceptors (Lipinski definition) is 2. The monoisotopic (exact) mass is 225 g/mol. The van der Waals surface area contributed by atoms with Gasteiger partial charge in [-0.05, 0) is 12.1 Å².